The molecule has 28 heavy (non-hydrogen) atoms. The molecule has 0 saturated carbocycles. The Labute approximate surface area is 172 Å². The summed E-state index contributed by atoms with van der Waals surface area (Å²) < 4.78 is 0. The number of carbonyl (C=O) groups excluding carboxylic acids is 2. The molecule has 0 aliphatic heterocycles. The minimum absolute atomic E-state index is 0.0566. The number of amides is 2. The molecule has 5 nitrogen and oxygen atoms in total. The highest BCUT2D eigenvalue weighted by Gasteiger charge is 2.14. The Hall–Kier alpha value is -2.37. The summed E-state index contributed by atoms with van der Waals surface area (Å²) in [5.74, 6) is -0.106. The molecule has 0 aliphatic carbocycles. The first-order chi connectivity index (χ1) is 13.3. The lowest BCUT2D eigenvalue weighted by atomic mass is 10.1. The number of carbonyl (C=O) groups is 2. The van der Waals surface area contributed by atoms with Gasteiger partial charge in [0.25, 0.3) is 11.8 Å². The molecular weight excluding hydrogens is 374 g/mol. The van der Waals surface area contributed by atoms with Crippen LogP contribution in [-0.2, 0) is 11.3 Å². The Morgan fingerprint density at radius 3 is 2.36 bits per heavy atom. The molecule has 1 unspecified atom stereocenters. The fourth-order valence-electron chi connectivity index (χ4n) is 2.90. The molecule has 2 amide bonds. The van der Waals surface area contributed by atoms with Crippen molar-refractivity contribution in [3.05, 3.63) is 64.2 Å². The van der Waals surface area contributed by atoms with Crippen molar-refractivity contribution in [2.24, 2.45) is 0 Å². The highest BCUT2D eigenvalue weighted by Crippen LogP contribution is 2.20. The van der Waals surface area contributed by atoms with Crippen molar-refractivity contribution in [2.45, 2.75) is 40.3 Å². The van der Waals surface area contributed by atoms with Gasteiger partial charge in [0.05, 0.1) is 6.54 Å². The molecule has 0 spiro atoms. The van der Waals surface area contributed by atoms with Crippen molar-refractivity contribution in [3.63, 3.8) is 0 Å². The summed E-state index contributed by atoms with van der Waals surface area (Å²) in [7, 11) is 0. The number of likely N-dealkylation sites (N-methyl/N-ethyl adjacent to an activating group) is 1. The van der Waals surface area contributed by atoms with Crippen LogP contribution in [0.2, 0.25) is 5.02 Å². The number of quaternary nitrogens is 1. The Bertz CT molecular complexity index is 819. The first kappa shape index (κ1) is 21.9. The maximum Gasteiger partial charge on any atom is 0.275 e. The van der Waals surface area contributed by atoms with E-state index in [4.69, 9.17) is 11.6 Å². The monoisotopic (exact) mass is 402 g/mol. The first-order valence-corrected chi connectivity index (χ1v) is 9.95. The lowest BCUT2D eigenvalue weighted by Gasteiger charge is -2.18. The van der Waals surface area contributed by atoms with Crippen LogP contribution in [0.15, 0.2) is 42.5 Å². The Morgan fingerprint density at radius 1 is 1.11 bits per heavy atom. The number of rotatable bonds is 8. The summed E-state index contributed by atoms with van der Waals surface area (Å²) in [5, 5.41) is 6.49. The minimum Gasteiger partial charge on any atom is -0.349 e. The molecular formula is C22H29ClN3O2+. The number of benzene rings is 2. The molecule has 0 aromatic heterocycles. The van der Waals surface area contributed by atoms with E-state index in [9.17, 15) is 9.59 Å². The topological polar surface area (TPSA) is 62.6 Å². The number of hydrogen-bond acceptors (Lipinski definition) is 2. The Balaban J connectivity index is 1.96. The predicted octanol–water partition coefficient (Wildman–Crippen LogP) is 2.83. The molecule has 0 bridgehead atoms. The summed E-state index contributed by atoms with van der Waals surface area (Å²) in [6.45, 7) is 9.90. The number of hydrogen-bond donors (Lipinski definition) is 3. The molecule has 0 fully saturated rings. The summed E-state index contributed by atoms with van der Waals surface area (Å²) >= 11 is 6.02. The maximum atomic E-state index is 12.4. The van der Waals surface area contributed by atoms with Gasteiger partial charge in [-0.3, -0.25) is 9.59 Å². The van der Waals surface area contributed by atoms with Crippen LogP contribution in [0.5, 0.6) is 0 Å². The van der Waals surface area contributed by atoms with Crippen molar-refractivity contribution >= 4 is 29.1 Å². The van der Waals surface area contributed by atoms with E-state index in [-0.39, 0.29) is 17.9 Å². The van der Waals surface area contributed by atoms with Gasteiger partial charge in [0.2, 0.25) is 0 Å². The van der Waals surface area contributed by atoms with E-state index < -0.39 is 0 Å². The van der Waals surface area contributed by atoms with Crippen molar-refractivity contribution in [2.75, 3.05) is 18.4 Å². The molecule has 0 radical (unpaired) electrons. The zero-order valence-electron chi connectivity index (χ0n) is 16.9. The van der Waals surface area contributed by atoms with Crippen LogP contribution in [0.4, 0.5) is 5.69 Å². The second-order valence-electron chi connectivity index (χ2n) is 7.29. The largest absolute Gasteiger partial charge is 0.349 e. The van der Waals surface area contributed by atoms with Gasteiger partial charge in [0, 0.05) is 27.9 Å². The second kappa shape index (κ2) is 10.2. The van der Waals surface area contributed by atoms with Crippen molar-refractivity contribution in [1.82, 2.24) is 5.32 Å². The van der Waals surface area contributed by atoms with Crippen LogP contribution in [0.1, 0.15) is 42.3 Å². The minimum atomic E-state index is -0.163. The van der Waals surface area contributed by atoms with Gasteiger partial charge in [-0.2, -0.15) is 0 Å². The average Bonchev–Trinajstić information content (AvgIpc) is 2.64. The standard InChI is InChI=1S/C22H28ClN3O2/c1-5-26(14-21(27)24-15(2)3)13-17-6-8-18(9-7-17)22(28)25-19-10-11-20(23)16(4)12-19/h6-12,15H,5,13-14H2,1-4H3,(H,24,27)(H,25,28)/p+1. The fraction of sp³-hybridized carbons (Fsp3) is 0.364. The van der Waals surface area contributed by atoms with Crippen LogP contribution in [0, 0.1) is 6.92 Å². The van der Waals surface area contributed by atoms with Gasteiger partial charge < -0.3 is 15.5 Å². The van der Waals surface area contributed by atoms with E-state index in [0.717, 1.165) is 24.2 Å². The maximum absolute atomic E-state index is 12.4. The molecule has 2 aromatic carbocycles. The zero-order chi connectivity index (χ0) is 20.7. The van der Waals surface area contributed by atoms with E-state index in [1.807, 2.05) is 51.1 Å². The van der Waals surface area contributed by atoms with Crippen molar-refractivity contribution in [1.29, 1.82) is 0 Å². The van der Waals surface area contributed by atoms with Gasteiger partial charge >= 0.3 is 0 Å². The van der Waals surface area contributed by atoms with E-state index in [1.54, 1.807) is 12.1 Å². The van der Waals surface area contributed by atoms with Gasteiger partial charge in [-0.25, -0.2) is 0 Å². The zero-order valence-corrected chi connectivity index (χ0v) is 17.7. The van der Waals surface area contributed by atoms with Gasteiger partial charge in [-0.15, -0.1) is 0 Å². The molecule has 0 saturated heterocycles. The molecule has 3 N–H and O–H groups in total. The van der Waals surface area contributed by atoms with Crippen molar-refractivity contribution in [3.8, 4) is 0 Å². The van der Waals surface area contributed by atoms with Gasteiger partial charge in [-0.05, 0) is 63.6 Å². The van der Waals surface area contributed by atoms with E-state index in [1.165, 1.54) is 4.90 Å². The normalized spacial score (nSPS) is 11.9. The quantitative estimate of drug-likeness (QED) is 0.635. The lowest BCUT2D eigenvalue weighted by molar-refractivity contribution is -0.904. The lowest BCUT2D eigenvalue weighted by Crippen LogP contribution is -3.11. The summed E-state index contributed by atoms with van der Waals surface area (Å²) in [6.07, 6.45) is 0. The molecule has 6 heteroatoms. The Morgan fingerprint density at radius 2 is 1.79 bits per heavy atom. The van der Waals surface area contributed by atoms with Crippen LogP contribution in [0.25, 0.3) is 0 Å². The van der Waals surface area contributed by atoms with E-state index in [0.29, 0.717) is 22.8 Å². The summed E-state index contributed by atoms with van der Waals surface area (Å²) in [6, 6.07) is 13.1. The highest BCUT2D eigenvalue weighted by atomic mass is 35.5. The van der Waals surface area contributed by atoms with Crippen LogP contribution in [-0.4, -0.2) is 30.9 Å². The third kappa shape index (κ3) is 6.66. The van der Waals surface area contributed by atoms with Gasteiger partial charge in [0.15, 0.2) is 6.54 Å². The first-order valence-electron chi connectivity index (χ1n) is 9.57. The molecule has 1 atom stereocenters. The fourth-order valence-corrected chi connectivity index (χ4v) is 3.02. The van der Waals surface area contributed by atoms with Crippen LogP contribution in [0.3, 0.4) is 0 Å². The highest BCUT2D eigenvalue weighted by molar-refractivity contribution is 6.31. The van der Waals surface area contributed by atoms with E-state index in [2.05, 4.69) is 17.6 Å². The third-order valence-electron chi connectivity index (χ3n) is 4.45. The predicted molar refractivity (Wildman–Crippen MR) is 114 cm³/mol. The van der Waals surface area contributed by atoms with Crippen LogP contribution < -0.4 is 15.5 Å². The third-order valence-corrected chi connectivity index (χ3v) is 4.87. The number of nitrogens with one attached hydrogen (secondary N) is 3. The number of aryl methyl sites for hydroxylation is 1. The van der Waals surface area contributed by atoms with Crippen LogP contribution >= 0.6 is 11.6 Å². The average molecular weight is 403 g/mol. The molecule has 2 rings (SSSR count). The van der Waals surface area contributed by atoms with Gasteiger partial charge in [-0.1, -0.05) is 23.7 Å². The number of halogens is 1. The van der Waals surface area contributed by atoms with Gasteiger partial charge in [0.1, 0.15) is 6.54 Å². The second-order valence-corrected chi connectivity index (χ2v) is 7.70. The smallest absolute Gasteiger partial charge is 0.275 e. The molecule has 0 aliphatic rings. The molecule has 150 valence electrons. The van der Waals surface area contributed by atoms with Crippen molar-refractivity contribution < 1.29 is 14.5 Å². The summed E-state index contributed by atoms with van der Waals surface area (Å²) in [4.78, 5) is 25.6. The SMILES string of the molecule is CC[NH+](CC(=O)NC(C)C)Cc1ccc(C(=O)Nc2ccc(Cl)c(C)c2)cc1. The molecule has 2 aromatic rings. The Kier molecular flexibility index (Phi) is 8.03. The summed E-state index contributed by atoms with van der Waals surface area (Å²) in [5.41, 5.74) is 3.31. The number of anilines is 1. The molecule has 0 heterocycles. The van der Waals surface area contributed by atoms with E-state index >= 15 is 0 Å².